The number of carbonyl (C=O) groups is 1. The summed E-state index contributed by atoms with van der Waals surface area (Å²) in [6.07, 6.45) is 0.778. The Morgan fingerprint density at radius 2 is 1.91 bits per heavy atom. The van der Waals surface area contributed by atoms with Crippen LogP contribution in [-0.4, -0.2) is 37.2 Å². The molecule has 3 N–H and O–H groups in total. The number of aliphatic imine (C=N–C) groups is 1. The summed E-state index contributed by atoms with van der Waals surface area (Å²) in [6, 6.07) is 6.60. The van der Waals surface area contributed by atoms with Gasteiger partial charge in [0.1, 0.15) is 22.9 Å². The first-order valence-electron chi connectivity index (χ1n) is 7.10. The predicted octanol–water partition coefficient (Wildman–Crippen LogP) is 2.29. The predicted molar refractivity (Wildman–Crippen MR) is 86.0 cm³/mol. The molecular formula is C16H22N2O4. The highest BCUT2D eigenvalue weighted by Gasteiger charge is 2.21. The zero-order valence-electron chi connectivity index (χ0n) is 13.1. The molecule has 0 aromatic heterocycles. The lowest BCUT2D eigenvalue weighted by molar-refractivity contribution is -0.137. The monoisotopic (exact) mass is 306 g/mol. The van der Waals surface area contributed by atoms with Crippen LogP contribution in [0.15, 0.2) is 34.8 Å². The molecule has 0 fully saturated rings. The van der Waals surface area contributed by atoms with Crippen molar-refractivity contribution in [1.82, 2.24) is 0 Å². The number of amidine groups is 1. The van der Waals surface area contributed by atoms with E-state index >= 15 is 0 Å². The van der Waals surface area contributed by atoms with E-state index in [1.165, 1.54) is 0 Å². The van der Waals surface area contributed by atoms with Gasteiger partial charge in [-0.25, -0.2) is 4.79 Å². The zero-order valence-corrected chi connectivity index (χ0v) is 13.1. The third kappa shape index (κ3) is 4.51. The van der Waals surface area contributed by atoms with E-state index in [4.69, 9.17) is 15.2 Å². The van der Waals surface area contributed by atoms with Gasteiger partial charge in [-0.05, 0) is 37.6 Å². The summed E-state index contributed by atoms with van der Waals surface area (Å²) < 4.78 is 10.0. The number of nitrogens with zero attached hydrogens (tertiary/aromatic N) is 1. The van der Waals surface area contributed by atoms with Gasteiger partial charge in [0, 0.05) is 12.1 Å². The molecule has 0 aliphatic heterocycles. The number of esters is 1. The summed E-state index contributed by atoms with van der Waals surface area (Å²) in [6.45, 7) is 4.26. The minimum Gasteiger partial charge on any atom is -0.506 e. The molecule has 1 rings (SSSR count). The molecule has 1 aromatic carbocycles. The molecule has 120 valence electrons. The molecule has 0 aliphatic rings. The summed E-state index contributed by atoms with van der Waals surface area (Å²) in [5.74, 6) is -0.359. The van der Waals surface area contributed by atoms with Gasteiger partial charge >= 0.3 is 5.97 Å². The van der Waals surface area contributed by atoms with Gasteiger partial charge in [0.15, 0.2) is 0 Å². The van der Waals surface area contributed by atoms with E-state index in [1.54, 1.807) is 38.3 Å². The third-order valence-electron chi connectivity index (χ3n) is 2.84. The Bertz CT molecular complexity index is 562. The van der Waals surface area contributed by atoms with Gasteiger partial charge in [-0.3, -0.25) is 4.99 Å². The number of aliphatic hydroxyl groups is 1. The van der Waals surface area contributed by atoms with Crippen LogP contribution in [0.25, 0.3) is 5.76 Å². The molecule has 0 atom stereocenters. The molecule has 0 saturated carbocycles. The van der Waals surface area contributed by atoms with E-state index in [-0.39, 0.29) is 23.8 Å². The standard InChI is InChI=1S/C16H22N2O4/c1-4-10-18-15(17)13(16(20)22-5-2)14(19)11-6-8-12(21-3)9-7-11/h6-9,19H,4-5,10H2,1-3H3,(H2,17,18)/b14-13+. The Balaban J connectivity index is 3.28. The molecular weight excluding hydrogens is 284 g/mol. The molecule has 1 aromatic rings. The van der Waals surface area contributed by atoms with Gasteiger partial charge < -0.3 is 20.3 Å². The van der Waals surface area contributed by atoms with Crippen molar-refractivity contribution in [2.45, 2.75) is 20.3 Å². The lowest BCUT2D eigenvalue weighted by Crippen LogP contribution is -2.25. The smallest absolute Gasteiger partial charge is 0.345 e. The Hall–Kier alpha value is -2.50. The van der Waals surface area contributed by atoms with Crippen LogP contribution < -0.4 is 10.5 Å². The summed E-state index contributed by atoms with van der Waals surface area (Å²) >= 11 is 0. The molecule has 0 amide bonds. The van der Waals surface area contributed by atoms with Crippen LogP contribution in [0, 0.1) is 0 Å². The molecule has 0 radical (unpaired) electrons. The lowest BCUT2D eigenvalue weighted by atomic mass is 10.1. The van der Waals surface area contributed by atoms with Crippen molar-refractivity contribution in [3.05, 3.63) is 35.4 Å². The van der Waals surface area contributed by atoms with Gasteiger partial charge in [0.2, 0.25) is 0 Å². The summed E-state index contributed by atoms with van der Waals surface area (Å²) in [5, 5.41) is 10.4. The van der Waals surface area contributed by atoms with E-state index in [0.29, 0.717) is 17.9 Å². The van der Waals surface area contributed by atoms with Gasteiger partial charge in [-0.2, -0.15) is 0 Å². The van der Waals surface area contributed by atoms with Crippen LogP contribution >= 0.6 is 0 Å². The van der Waals surface area contributed by atoms with Crippen LogP contribution in [-0.2, 0) is 9.53 Å². The number of carbonyl (C=O) groups excluding carboxylic acids is 1. The van der Waals surface area contributed by atoms with Crippen molar-refractivity contribution < 1.29 is 19.4 Å². The van der Waals surface area contributed by atoms with E-state index in [0.717, 1.165) is 6.42 Å². The van der Waals surface area contributed by atoms with E-state index in [2.05, 4.69) is 4.99 Å². The number of benzene rings is 1. The van der Waals surface area contributed by atoms with Gasteiger partial charge in [0.05, 0.1) is 13.7 Å². The largest absolute Gasteiger partial charge is 0.506 e. The number of hydrogen-bond acceptors (Lipinski definition) is 5. The maximum Gasteiger partial charge on any atom is 0.345 e. The first kappa shape index (κ1) is 17.6. The molecule has 0 bridgehead atoms. The number of ether oxygens (including phenoxy) is 2. The van der Waals surface area contributed by atoms with Crippen molar-refractivity contribution in [2.24, 2.45) is 10.7 Å². The second-order valence-electron chi connectivity index (χ2n) is 4.44. The Kier molecular flexibility index (Phi) is 6.95. The van der Waals surface area contributed by atoms with Gasteiger partial charge in [-0.15, -0.1) is 0 Å². The molecule has 0 aliphatic carbocycles. The fraction of sp³-hybridized carbons (Fsp3) is 0.375. The number of aliphatic hydroxyl groups excluding tert-OH is 1. The molecule has 6 nitrogen and oxygen atoms in total. The Morgan fingerprint density at radius 1 is 1.27 bits per heavy atom. The van der Waals surface area contributed by atoms with Crippen molar-refractivity contribution in [1.29, 1.82) is 0 Å². The summed E-state index contributed by atoms with van der Waals surface area (Å²) in [4.78, 5) is 16.1. The number of rotatable bonds is 7. The minimum absolute atomic E-state index is 0.0337. The second kappa shape index (κ2) is 8.71. The van der Waals surface area contributed by atoms with E-state index in [1.807, 2.05) is 6.92 Å². The normalized spacial score (nSPS) is 12.6. The van der Waals surface area contributed by atoms with Crippen LogP contribution in [0.2, 0.25) is 0 Å². The number of methoxy groups -OCH3 is 1. The van der Waals surface area contributed by atoms with Crippen LogP contribution in [0.3, 0.4) is 0 Å². The summed E-state index contributed by atoms with van der Waals surface area (Å²) in [7, 11) is 1.55. The fourth-order valence-corrected chi connectivity index (χ4v) is 1.73. The van der Waals surface area contributed by atoms with E-state index in [9.17, 15) is 9.90 Å². The Morgan fingerprint density at radius 3 is 2.41 bits per heavy atom. The quantitative estimate of drug-likeness (QED) is 0.265. The fourth-order valence-electron chi connectivity index (χ4n) is 1.73. The topological polar surface area (TPSA) is 94.1 Å². The first-order valence-corrected chi connectivity index (χ1v) is 7.10. The van der Waals surface area contributed by atoms with Crippen molar-refractivity contribution in [3.63, 3.8) is 0 Å². The highest BCUT2D eigenvalue weighted by molar-refractivity contribution is 6.22. The highest BCUT2D eigenvalue weighted by atomic mass is 16.5. The highest BCUT2D eigenvalue weighted by Crippen LogP contribution is 2.20. The average Bonchev–Trinajstić information content (AvgIpc) is 2.53. The summed E-state index contributed by atoms with van der Waals surface area (Å²) in [5.41, 5.74) is 6.14. The Labute approximate surface area is 130 Å². The maximum atomic E-state index is 12.1. The van der Waals surface area contributed by atoms with Crippen molar-refractivity contribution in [2.75, 3.05) is 20.3 Å². The molecule has 0 heterocycles. The lowest BCUT2D eigenvalue weighted by Gasteiger charge is -2.10. The minimum atomic E-state index is -0.701. The SMILES string of the molecule is CCCN=C(N)/C(C(=O)OCC)=C(\O)c1ccc(OC)cc1. The van der Waals surface area contributed by atoms with Gasteiger partial charge in [-0.1, -0.05) is 6.92 Å². The van der Waals surface area contributed by atoms with Crippen LogP contribution in [0.4, 0.5) is 0 Å². The molecule has 22 heavy (non-hydrogen) atoms. The molecule has 0 spiro atoms. The molecule has 0 unspecified atom stereocenters. The number of hydrogen-bond donors (Lipinski definition) is 2. The van der Waals surface area contributed by atoms with Crippen molar-refractivity contribution in [3.8, 4) is 5.75 Å². The van der Waals surface area contributed by atoms with Crippen LogP contribution in [0.5, 0.6) is 5.75 Å². The number of nitrogens with two attached hydrogens (primary N) is 1. The van der Waals surface area contributed by atoms with Crippen LogP contribution in [0.1, 0.15) is 25.8 Å². The van der Waals surface area contributed by atoms with Gasteiger partial charge in [0.25, 0.3) is 0 Å². The second-order valence-corrected chi connectivity index (χ2v) is 4.44. The van der Waals surface area contributed by atoms with Crippen molar-refractivity contribution >= 4 is 17.6 Å². The average molecular weight is 306 g/mol. The third-order valence-corrected chi connectivity index (χ3v) is 2.84. The van der Waals surface area contributed by atoms with E-state index < -0.39 is 5.97 Å². The zero-order chi connectivity index (χ0) is 16.5. The molecule has 6 heteroatoms. The first-order chi connectivity index (χ1) is 10.5. The maximum absolute atomic E-state index is 12.1. The molecule has 0 saturated heterocycles.